The lowest BCUT2D eigenvalue weighted by Crippen LogP contribution is -2.50. The first-order chi connectivity index (χ1) is 28.0. The number of benzene rings is 8. The van der Waals surface area contributed by atoms with Crippen molar-refractivity contribution in [2.45, 2.75) is 13.1 Å². The van der Waals surface area contributed by atoms with E-state index < -0.39 is 8.07 Å². The summed E-state index contributed by atoms with van der Waals surface area (Å²) in [6.45, 7) is 4.92. The van der Waals surface area contributed by atoms with Crippen LogP contribution in [0.4, 0.5) is 0 Å². The maximum Gasteiger partial charge on any atom is 0.235 e. The van der Waals surface area contributed by atoms with E-state index in [9.17, 15) is 0 Å². The molecule has 8 aromatic carbocycles. The molecule has 3 aromatic heterocycles. The van der Waals surface area contributed by atoms with Crippen molar-refractivity contribution >= 4 is 72.8 Å². The molecular weight excluding hydrogens is 709 g/mol. The van der Waals surface area contributed by atoms with Crippen LogP contribution in [-0.2, 0) is 0 Å². The number of fused-ring (bicyclic) bond motifs is 11. The molecule has 1 aliphatic heterocycles. The Morgan fingerprint density at radius 1 is 0.404 bits per heavy atom. The molecule has 0 atom stereocenters. The Kier molecular flexibility index (Phi) is 6.75. The van der Waals surface area contributed by atoms with Crippen LogP contribution in [0.5, 0.6) is 0 Å². The highest BCUT2D eigenvalue weighted by molar-refractivity contribution is 7.04. The second-order valence-corrected chi connectivity index (χ2v) is 20.1. The van der Waals surface area contributed by atoms with Gasteiger partial charge in [0, 0.05) is 38.4 Å². The zero-order valence-electron chi connectivity index (χ0n) is 31.6. The zero-order valence-corrected chi connectivity index (χ0v) is 32.6. The van der Waals surface area contributed by atoms with Gasteiger partial charge in [0.1, 0.15) is 8.07 Å². The van der Waals surface area contributed by atoms with E-state index in [2.05, 4.69) is 204 Å². The van der Waals surface area contributed by atoms with Gasteiger partial charge in [-0.3, -0.25) is 4.57 Å². The predicted octanol–water partition coefficient (Wildman–Crippen LogP) is 12.0. The van der Waals surface area contributed by atoms with Crippen LogP contribution < -0.4 is 10.4 Å². The van der Waals surface area contributed by atoms with Crippen molar-refractivity contribution in [3.8, 4) is 45.3 Å². The average Bonchev–Trinajstić information content (AvgIpc) is 3.86. The number of aromatic nitrogens is 4. The SMILES string of the molecule is C[Si]1(C)c2ccc3ccccc3c2-c2nc(-n3c4ccccc4c4cc(-c5ccc6c(c5)c5ccccc5n6-c5ccccc5)ccc43)nc(-c3ccccc3)c21. The van der Waals surface area contributed by atoms with Gasteiger partial charge in [0.25, 0.3) is 0 Å². The molecule has 0 radical (unpaired) electrons. The summed E-state index contributed by atoms with van der Waals surface area (Å²) in [6.07, 6.45) is 0. The van der Waals surface area contributed by atoms with Crippen LogP contribution in [-0.4, -0.2) is 27.2 Å². The lowest BCUT2D eigenvalue weighted by atomic mass is 10.0. The molecule has 0 fully saturated rings. The monoisotopic (exact) mass is 744 g/mol. The number of rotatable bonds is 4. The molecule has 5 heteroatoms. The maximum absolute atomic E-state index is 5.62. The molecule has 4 nitrogen and oxygen atoms in total. The summed E-state index contributed by atoms with van der Waals surface area (Å²) in [5, 5.41) is 10.1. The van der Waals surface area contributed by atoms with Gasteiger partial charge in [-0.15, -0.1) is 0 Å². The van der Waals surface area contributed by atoms with Gasteiger partial charge in [-0.25, -0.2) is 9.97 Å². The number of para-hydroxylation sites is 3. The van der Waals surface area contributed by atoms with E-state index in [-0.39, 0.29) is 0 Å². The topological polar surface area (TPSA) is 35.6 Å². The summed E-state index contributed by atoms with van der Waals surface area (Å²) >= 11 is 0. The van der Waals surface area contributed by atoms with Gasteiger partial charge in [0.15, 0.2) is 0 Å². The van der Waals surface area contributed by atoms with Crippen LogP contribution in [0.2, 0.25) is 13.1 Å². The van der Waals surface area contributed by atoms with Gasteiger partial charge in [-0.1, -0.05) is 147 Å². The minimum Gasteiger partial charge on any atom is -0.309 e. The molecule has 268 valence electrons. The Morgan fingerprint density at radius 2 is 0.930 bits per heavy atom. The summed E-state index contributed by atoms with van der Waals surface area (Å²) in [5.41, 5.74) is 12.6. The van der Waals surface area contributed by atoms with Gasteiger partial charge in [-0.05, 0) is 80.8 Å². The van der Waals surface area contributed by atoms with Crippen LogP contribution >= 0.6 is 0 Å². The fourth-order valence-electron chi connectivity index (χ4n) is 9.68. The molecule has 0 bridgehead atoms. The van der Waals surface area contributed by atoms with Gasteiger partial charge < -0.3 is 4.57 Å². The average molecular weight is 745 g/mol. The molecule has 0 unspecified atom stereocenters. The van der Waals surface area contributed by atoms with Gasteiger partial charge in [-0.2, -0.15) is 0 Å². The molecular formula is C52H36N4Si. The summed E-state index contributed by atoms with van der Waals surface area (Å²) < 4.78 is 4.66. The first-order valence-corrected chi connectivity index (χ1v) is 22.7. The van der Waals surface area contributed by atoms with E-state index in [1.807, 2.05) is 0 Å². The maximum atomic E-state index is 5.62. The van der Waals surface area contributed by atoms with Crippen LogP contribution in [0.1, 0.15) is 0 Å². The summed E-state index contributed by atoms with van der Waals surface area (Å²) in [6, 6.07) is 66.0. The molecule has 1 aliphatic rings. The third-order valence-electron chi connectivity index (χ3n) is 12.3. The molecule has 4 heterocycles. The third kappa shape index (κ3) is 4.60. The molecule has 0 aliphatic carbocycles. The molecule has 0 N–H and O–H groups in total. The van der Waals surface area contributed by atoms with E-state index in [4.69, 9.17) is 9.97 Å². The quantitative estimate of drug-likeness (QED) is 0.168. The highest BCUT2D eigenvalue weighted by Crippen LogP contribution is 2.40. The van der Waals surface area contributed by atoms with Crippen LogP contribution in [0.25, 0.3) is 99.7 Å². The lowest BCUT2D eigenvalue weighted by Gasteiger charge is -2.22. The first kappa shape index (κ1) is 32.2. The second-order valence-electron chi connectivity index (χ2n) is 15.8. The molecule has 0 saturated carbocycles. The Labute approximate surface area is 331 Å². The molecule has 0 spiro atoms. The Hall–Kier alpha value is -7.08. The zero-order chi connectivity index (χ0) is 37.8. The Morgan fingerprint density at radius 3 is 1.61 bits per heavy atom. The van der Waals surface area contributed by atoms with E-state index in [0.29, 0.717) is 5.95 Å². The molecule has 0 saturated heterocycles. The van der Waals surface area contributed by atoms with Gasteiger partial charge >= 0.3 is 0 Å². The van der Waals surface area contributed by atoms with Crippen molar-refractivity contribution in [1.29, 1.82) is 0 Å². The van der Waals surface area contributed by atoms with E-state index in [1.54, 1.807) is 0 Å². The standard InChI is InChI=1S/C52H36N4Si/c1-57(2)47-30-27-33-15-9-10-20-38(33)48(47)50-51(57)49(34-16-5-3-6-17-34)53-52(54-50)56-44-24-14-12-22-40(44)42-32-36(26-29-46(42)56)35-25-28-45-41(31-35)39-21-11-13-23-43(39)55(45)37-18-7-4-8-19-37/h3-32H,1-2H3. The molecule has 11 aromatic rings. The van der Waals surface area contributed by atoms with Gasteiger partial charge in [0.2, 0.25) is 5.95 Å². The molecule has 12 rings (SSSR count). The van der Waals surface area contributed by atoms with Crippen molar-refractivity contribution < 1.29 is 0 Å². The van der Waals surface area contributed by atoms with Crippen LogP contribution in [0.3, 0.4) is 0 Å². The van der Waals surface area contributed by atoms with E-state index >= 15 is 0 Å². The second kappa shape index (κ2) is 12.0. The minimum atomic E-state index is -2.18. The fraction of sp³-hybridized carbons (Fsp3) is 0.0385. The summed E-state index contributed by atoms with van der Waals surface area (Å²) in [5.74, 6) is 0.701. The third-order valence-corrected chi connectivity index (χ3v) is 15.8. The van der Waals surface area contributed by atoms with Crippen molar-refractivity contribution in [2.24, 2.45) is 0 Å². The van der Waals surface area contributed by atoms with Crippen molar-refractivity contribution in [2.75, 3.05) is 0 Å². The first-order valence-electron chi connectivity index (χ1n) is 19.7. The van der Waals surface area contributed by atoms with Crippen LogP contribution in [0, 0.1) is 0 Å². The normalized spacial score (nSPS) is 13.2. The number of hydrogen-bond donors (Lipinski definition) is 0. The molecule has 0 amide bonds. The Bertz CT molecular complexity index is 3430. The highest BCUT2D eigenvalue weighted by atomic mass is 28.3. The van der Waals surface area contributed by atoms with E-state index in [0.717, 1.165) is 33.7 Å². The number of hydrogen-bond acceptors (Lipinski definition) is 2. The largest absolute Gasteiger partial charge is 0.309 e. The molecule has 57 heavy (non-hydrogen) atoms. The van der Waals surface area contributed by atoms with Crippen molar-refractivity contribution in [3.05, 3.63) is 182 Å². The number of nitrogens with zero attached hydrogens (tertiary/aromatic N) is 4. The highest BCUT2D eigenvalue weighted by Gasteiger charge is 2.43. The van der Waals surface area contributed by atoms with Crippen molar-refractivity contribution in [1.82, 2.24) is 19.1 Å². The lowest BCUT2D eigenvalue weighted by molar-refractivity contribution is 1.00. The van der Waals surface area contributed by atoms with Crippen molar-refractivity contribution in [3.63, 3.8) is 0 Å². The minimum absolute atomic E-state index is 0.701. The predicted molar refractivity (Wildman–Crippen MR) is 241 cm³/mol. The summed E-state index contributed by atoms with van der Waals surface area (Å²) in [7, 11) is -2.18. The fourth-order valence-corrected chi connectivity index (χ4v) is 12.9. The smallest absolute Gasteiger partial charge is 0.235 e. The van der Waals surface area contributed by atoms with Gasteiger partial charge in [0.05, 0.1) is 33.5 Å². The Balaban J connectivity index is 1.09. The van der Waals surface area contributed by atoms with E-state index in [1.165, 1.54) is 70.4 Å². The summed E-state index contributed by atoms with van der Waals surface area (Å²) in [4.78, 5) is 11.2. The van der Waals surface area contributed by atoms with Crippen LogP contribution in [0.15, 0.2) is 182 Å².